The first-order valence-electron chi connectivity index (χ1n) is 10.0. The molecule has 174 valence electrons. The Labute approximate surface area is 192 Å². The molecule has 0 aliphatic heterocycles. The Kier molecular flexibility index (Phi) is 8.17. The highest BCUT2D eigenvalue weighted by Crippen LogP contribution is 2.22. The van der Waals surface area contributed by atoms with Gasteiger partial charge in [-0.05, 0) is 43.3 Å². The molecule has 3 aromatic rings. The number of nitrogens with one attached hydrogen (secondary N) is 2. The zero-order chi connectivity index (χ0) is 23.7. The molecule has 0 saturated heterocycles. The molecule has 0 aliphatic rings. The molecule has 0 bridgehead atoms. The van der Waals surface area contributed by atoms with E-state index in [1.807, 2.05) is 6.92 Å². The van der Waals surface area contributed by atoms with E-state index >= 15 is 0 Å². The van der Waals surface area contributed by atoms with Crippen LogP contribution in [0, 0.1) is 0 Å². The average molecular weight is 473 g/mol. The van der Waals surface area contributed by atoms with E-state index in [4.69, 9.17) is 14.2 Å². The highest BCUT2D eigenvalue weighted by molar-refractivity contribution is 7.92. The number of hydrogen-bond donors (Lipinski definition) is 2. The molecule has 1 aromatic heterocycles. The Hall–Kier alpha value is -3.70. The molecule has 0 radical (unpaired) electrons. The first kappa shape index (κ1) is 24.0. The molecule has 0 aliphatic carbocycles. The summed E-state index contributed by atoms with van der Waals surface area (Å²) in [5.74, 6) is 0.338. The van der Waals surface area contributed by atoms with Crippen LogP contribution in [0.25, 0.3) is 0 Å². The maximum Gasteiger partial charge on any atom is 0.263 e. The largest absolute Gasteiger partial charge is 0.490 e. The van der Waals surface area contributed by atoms with Crippen molar-refractivity contribution < 1.29 is 27.4 Å². The number of para-hydroxylation sites is 1. The van der Waals surface area contributed by atoms with Gasteiger partial charge in [-0.15, -0.1) is 0 Å². The second-order valence-corrected chi connectivity index (χ2v) is 8.25. The number of benzene rings is 2. The Morgan fingerprint density at radius 1 is 1.03 bits per heavy atom. The lowest BCUT2D eigenvalue weighted by Crippen LogP contribution is -2.16. The summed E-state index contributed by atoms with van der Waals surface area (Å²) >= 11 is 0. The highest BCUT2D eigenvalue weighted by atomic mass is 32.2. The van der Waals surface area contributed by atoms with Crippen LogP contribution >= 0.6 is 0 Å². The average Bonchev–Trinajstić information content (AvgIpc) is 2.82. The van der Waals surface area contributed by atoms with Crippen molar-refractivity contribution in [2.24, 2.45) is 0 Å². The molecule has 10 nitrogen and oxygen atoms in total. The third kappa shape index (κ3) is 6.64. The summed E-state index contributed by atoms with van der Waals surface area (Å²) in [6.07, 6.45) is 1.19. The van der Waals surface area contributed by atoms with Gasteiger partial charge in [0.2, 0.25) is 5.88 Å². The van der Waals surface area contributed by atoms with E-state index in [-0.39, 0.29) is 22.5 Å². The number of carbonyl (C=O) groups is 1. The van der Waals surface area contributed by atoms with Gasteiger partial charge >= 0.3 is 0 Å². The van der Waals surface area contributed by atoms with E-state index < -0.39 is 10.0 Å². The molecule has 33 heavy (non-hydrogen) atoms. The fourth-order valence-electron chi connectivity index (χ4n) is 2.75. The quantitative estimate of drug-likeness (QED) is 0.408. The van der Waals surface area contributed by atoms with Gasteiger partial charge in [-0.3, -0.25) is 9.52 Å². The first-order chi connectivity index (χ1) is 15.9. The Morgan fingerprint density at radius 2 is 1.79 bits per heavy atom. The van der Waals surface area contributed by atoms with Crippen LogP contribution < -0.4 is 19.5 Å². The van der Waals surface area contributed by atoms with Crippen LogP contribution in [-0.4, -0.2) is 51.2 Å². The molecule has 0 fully saturated rings. The van der Waals surface area contributed by atoms with Crippen molar-refractivity contribution in [3.63, 3.8) is 0 Å². The minimum Gasteiger partial charge on any atom is -0.490 e. The summed E-state index contributed by atoms with van der Waals surface area (Å²) in [4.78, 5) is 20.4. The van der Waals surface area contributed by atoms with Crippen LogP contribution in [0.15, 0.2) is 65.8 Å². The van der Waals surface area contributed by atoms with E-state index in [1.165, 1.54) is 43.8 Å². The fourth-order valence-corrected chi connectivity index (χ4v) is 3.75. The normalized spacial score (nSPS) is 11.0. The maximum absolute atomic E-state index is 12.7. The van der Waals surface area contributed by atoms with Crippen LogP contribution in [0.1, 0.15) is 17.3 Å². The number of nitrogens with zero attached hydrogens (tertiary/aromatic N) is 2. The number of methoxy groups -OCH3 is 1. The smallest absolute Gasteiger partial charge is 0.263 e. The zero-order valence-corrected chi connectivity index (χ0v) is 19.0. The van der Waals surface area contributed by atoms with E-state index in [2.05, 4.69) is 20.0 Å². The van der Waals surface area contributed by atoms with Gasteiger partial charge in [0.05, 0.1) is 24.2 Å². The van der Waals surface area contributed by atoms with Crippen LogP contribution in [0.5, 0.6) is 11.6 Å². The number of amides is 1. The molecule has 2 N–H and O–H groups in total. The fraction of sp³-hybridized carbons (Fsp3) is 0.227. The molecule has 1 heterocycles. The number of sulfonamides is 1. The number of hydrogen-bond acceptors (Lipinski definition) is 8. The lowest BCUT2D eigenvalue weighted by atomic mass is 10.2. The molecule has 11 heteroatoms. The maximum atomic E-state index is 12.7. The lowest BCUT2D eigenvalue weighted by molar-refractivity contribution is 0.0998. The Morgan fingerprint density at radius 3 is 2.52 bits per heavy atom. The first-order valence-corrected chi connectivity index (χ1v) is 11.5. The van der Waals surface area contributed by atoms with Crippen LogP contribution in [0.4, 0.5) is 11.5 Å². The van der Waals surface area contributed by atoms with Crippen molar-refractivity contribution in [2.45, 2.75) is 11.8 Å². The van der Waals surface area contributed by atoms with Gasteiger partial charge in [-0.1, -0.05) is 12.1 Å². The van der Waals surface area contributed by atoms with Crippen LogP contribution in [-0.2, 0) is 14.8 Å². The zero-order valence-electron chi connectivity index (χ0n) is 18.1. The third-order valence-corrected chi connectivity index (χ3v) is 5.70. The molecular formula is C22H24N4O6S. The summed E-state index contributed by atoms with van der Waals surface area (Å²) in [6, 6.07) is 13.9. The summed E-state index contributed by atoms with van der Waals surface area (Å²) in [6.45, 7) is 3.20. The number of aromatic nitrogens is 2. The SMILES string of the molecule is CCOCCOc1ccccc1C(=O)Nc1ccc(S(=O)(=O)Nc2cc(OC)ncn2)cc1. The van der Waals surface area contributed by atoms with Crippen molar-refractivity contribution in [1.82, 2.24) is 9.97 Å². The van der Waals surface area contributed by atoms with E-state index in [0.29, 0.717) is 36.8 Å². The van der Waals surface area contributed by atoms with Gasteiger partial charge in [0.25, 0.3) is 15.9 Å². The van der Waals surface area contributed by atoms with Crippen molar-refractivity contribution >= 4 is 27.4 Å². The van der Waals surface area contributed by atoms with Crippen molar-refractivity contribution in [3.05, 3.63) is 66.5 Å². The molecule has 2 aromatic carbocycles. The number of rotatable bonds is 11. The van der Waals surface area contributed by atoms with Crippen molar-refractivity contribution in [1.29, 1.82) is 0 Å². The van der Waals surface area contributed by atoms with Crippen molar-refractivity contribution in [2.75, 3.05) is 37.0 Å². The van der Waals surface area contributed by atoms with Gasteiger partial charge < -0.3 is 19.5 Å². The minimum atomic E-state index is -3.90. The molecule has 0 unspecified atom stereocenters. The van der Waals surface area contributed by atoms with Crippen LogP contribution in [0.2, 0.25) is 0 Å². The summed E-state index contributed by atoms with van der Waals surface area (Å²) in [5, 5.41) is 2.74. The van der Waals surface area contributed by atoms with E-state index in [0.717, 1.165) is 0 Å². The second kappa shape index (κ2) is 11.2. The number of ether oxygens (including phenoxy) is 3. The van der Waals surface area contributed by atoms with E-state index in [9.17, 15) is 13.2 Å². The molecule has 0 saturated carbocycles. The van der Waals surface area contributed by atoms with Gasteiger partial charge in [0, 0.05) is 18.4 Å². The predicted molar refractivity (Wildman–Crippen MR) is 122 cm³/mol. The monoisotopic (exact) mass is 472 g/mol. The molecular weight excluding hydrogens is 448 g/mol. The van der Waals surface area contributed by atoms with Gasteiger partial charge in [0.15, 0.2) is 0 Å². The van der Waals surface area contributed by atoms with Gasteiger partial charge in [0.1, 0.15) is 24.5 Å². The number of carbonyl (C=O) groups excluding carboxylic acids is 1. The molecule has 1 amide bonds. The standard InChI is InChI=1S/C22H24N4O6S/c1-3-31-12-13-32-19-7-5-4-6-18(19)22(27)25-16-8-10-17(11-9-16)33(28,29)26-20-14-21(30-2)24-15-23-20/h4-11,14-15H,3,12-13H2,1-2H3,(H,25,27)(H,23,24,26). The predicted octanol–water partition coefficient (Wildman–Crippen LogP) is 2.95. The van der Waals surface area contributed by atoms with Crippen molar-refractivity contribution in [3.8, 4) is 11.6 Å². The highest BCUT2D eigenvalue weighted by Gasteiger charge is 2.17. The van der Waals surface area contributed by atoms with E-state index in [1.54, 1.807) is 24.3 Å². The topological polar surface area (TPSA) is 129 Å². The summed E-state index contributed by atoms with van der Waals surface area (Å²) < 4.78 is 43.5. The summed E-state index contributed by atoms with van der Waals surface area (Å²) in [5.41, 5.74) is 0.775. The Balaban J connectivity index is 1.67. The third-order valence-electron chi connectivity index (χ3n) is 4.33. The number of anilines is 2. The Bertz CT molecular complexity index is 1190. The summed E-state index contributed by atoms with van der Waals surface area (Å²) in [7, 11) is -2.48. The second-order valence-electron chi connectivity index (χ2n) is 6.57. The molecule has 3 rings (SSSR count). The van der Waals surface area contributed by atoms with Gasteiger partial charge in [-0.2, -0.15) is 0 Å². The minimum absolute atomic E-state index is 0.00210. The van der Waals surface area contributed by atoms with Gasteiger partial charge in [-0.25, -0.2) is 18.4 Å². The molecule has 0 spiro atoms. The van der Waals surface area contributed by atoms with Crippen LogP contribution in [0.3, 0.4) is 0 Å². The molecule has 0 atom stereocenters. The lowest BCUT2D eigenvalue weighted by Gasteiger charge is -2.12.